The molecule has 0 amide bonds. The Hall–Kier alpha value is -1.13. The molecule has 2 atom stereocenters. The standard InChI is InChI=1S/C15H23FN2O/c1-11(17-2)12-6-7-15(14(16)9-12)18(3)10-13-5-4-8-19-13/h6-7,9,11,13,17H,4-5,8,10H2,1-3H3. The van der Waals surface area contributed by atoms with Crippen molar-refractivity contribution >= 4 is 5.69 Å². The van der Waals surface area contributed by atoms with Crippen LogP contribution in [0.4, 0.5) is 10.1 Å². The molecular weight excluding hydrogens is 243 g/mol. The molecule has 1 aliphatic rings. The molecule has 1 fully saturated rings. The first kappa shape index (κ1) is 14.3. The van der Waals surface area contributed by atoms with E-state index in [9.17, 15) is 4.39 Å². The zero-order valence-electron chi connectivity index (χ0n) is 11.9. The zero-order chi connectivity index (χ0) is 13.8. The molecule has 2 unspecified atom stereocenters. The van der Waals surface area contributed by atoms with E-state index in [4.69, 9.17) is 4.74 Å². The molecule has 19 heavy (non-hydrogen) atoms. The number of nitrogens with zero attached hydrogens (tertiary/aromatic N) is 1. The number of anilines is 1. The predicted molar refractivity (Wildman–Crippen MR) is 76.1 cm³/mol. The molecular formula is C15H23FN2O. The van der Waals surface area contributed by atoms with Gasteiger partial charge in [0, 0.05) is 26.2 Å². The second-order valence-electron chi connectivity index (χ2n) is 5.24. The summed E-state index contributed by atoms with van der Waals surface area (Å²) in [5.74, 6) is -0.167. The molecule has 1 N–H and O–H groups in total. The SMILES string of the molecule is CNC(C)c1ccc(N(C)CC2CCCO2)c(F)c1. The van der Waals surface area contributed by atoms with Gasteiger partial charge in [-0.25, -0.2) is 4.39 Å². The maximum absolute atomic E-state index is 14.2. The minimum atomic E-state index is -0.167. The van der Waals surface area contributed by atoms with E-state index in [1.807, 2.05) is 38.1 Å². The zero-order valence-corrected chi connectivity index (χ0v) is 11.9. The molecule has 0 aromatic heterocycles. The molecule has 1 aromatic carbocycles. The van der Waals surface area contributed by atoms with E-state index in [1.54, 1.807) is 6.07 Å². The van der Waals surface area contributed by atoms with Crippen LogP contribution >= 0.6 is 0 Å². The Labute approximate surface area is 114 Å². The second kappa shape index (κ2) is 6.35. The Bertz CT molecular complexity index is 419. The molecule has 0 bridgehead atoms. The molecule has 0 aliphatic carbocycles. The van der Waals surface area contributed by atoms with Gasteiger partial charge in [-0.15, -0.1) is 0 Å². The first-order valence-electron chi connectivity index (χ1n) is 6.91. The van der Waals surface area contributed by atoms with Gasteiger partial charge < -0.3 is 15.0 Å². The van der Waals surface area contributed by atoms with E-state index in [2.05, 4.69) is 5.32 Å². The van der Waals surface area contributed by atoms with Crippen molar-refractivity contribution in [1.29, 1.82) is 0 Å². The van der Waals surface area contributed by atoms with Gasteiger partial charge in [0.15, 0.2) is 0 Å². The quantitative estimate of drug-likeness (QED) is 0.887. The summed E-state index contributed by atoms with van der Waals surface area (Å²) in [6.07, 6.45) is 2.42. The lowest BCUT2D eigenvalue weighted by Crippen LogP contribution is -2.29. The lowest BCUT2D eigenvalue weighted by Gasteiger charge is -2.24. The van der Waals surface area contributed by atoms with Crippen LogP contribution < -0.4 is 10.2 Å². The highest BCUT2D eigenvalue weighted by Gasteiger charge is 2.19. The summed E-state index contributed by atoms with van der Waals surface area (Å²) < 4.78 is 19.8. The summed E-state index contributed by atoms with van der Waals surface area (Å²) in [6.45, 7) is 3.60. The molecule has 2 rings (SSSR count). The van der Waals surface area contributed by atoms with E-state index < -0.39 is 0 Å². The van der Waals surface area contributed by atoms with Gasteiger partial charge in [0.25, 0.3) is 0 Å². The normalized spacial score (nSPS) is 20.5. The third-order valence-electron chi connectivity index (χ3n) is 3.82. The predicted octanol–water partition coefficient (Wildman–Crippen LogP) is 2.72. The number of likely N-dealkylation sites (N-methyl/N-ethyl adjacent to an activating group) is 1. The van der Waals surface area contributed by atoms with Crippen LogP contribution in [-0.4, -0.2) is 33.4 Å². The maximum atomic E-state index is 14.2. The topological polar surface area (TPSA) is 24.5 Å². The number of benzene rings is 1. The number of rotatable bonds is 5. The Morgan fingerprint density at radius 2 is 2.32 bits per heavy atom. The minimum absolute atomic E-state index is 0.159. The molecule has 0 saturated carbocycles. The highest BCUT2D eigenvalue weighted by Crippen LogP contribution is 2.24. The van der Waals surface area contributed by atoms with Gasteiger partial charge in [-0.05, 0) is 44.5 Å². The monoisotopic (exact) mass is 266 g/mol. The molecule has 4 heteroatoms. The first-order chi connectivity index (χ1) is 9.11. The third-order valence-corrected chi connectivity index (χ3v) is 3.82. The van der Waals surface area contributed by atoms with E-state index in [0.29, 0.717) is 5.69 Å². The highest BCUT2D eigenvalue weighted by atomic mass is 19.1. The van der Waals surface area contributed by atoms with Crippen LogP contribution in [0.1, 0.15) is 31.4 Å². The van der Waals surface area contributed by atoms with Crippen molar-refractivity contribution in [1.82, 2.24) is 5.32 Å². The largest absolute Gasteiger partial charge is 0.376 e. The van der Waals surface area contributed by atoms with Crippen LogP contribution in [0, 0.1) is 5.82 Å². The van der Waals surface area contributed by atoms with Crippen molar-refractivity contribution in [2.45, 2.75) is 31.9 Å². The van der Waals surface area contributed by atoms with Gasteiger partial charge in [-0.3, -0.25) is 0 Å². The highest BCUT2D eigenvalue weighted by molar-refractivity contribution is 5.49. The van der Waals surface area contributed by atoms with Crippen molar-refractivity contribution in [2.75, 3.05) is 32.1 Å². The van der Waals surface area contributed by atoms with E-state index in [1.165, 1.54) is 0 Å². The molecule has 1 saturated heterocycles. The van der Waals surface area contributed by atoms with Gasteiger partial charge in [-0.2, -0.15) is 0 Å². The summed E-state index contributed by atoms with van der Waals surface area (Å²) in [5, 5.41) is 3.12. The Morgan fingerprint density at radius 3 is 2.89 bits per heavy atom. The molecule has 106 valence electrons. The van der Waals surface area contributed by atoms with Crippen molar-refractivity contribution in [3.05, 3.63) is 29.6 Å². The Balaban J connectivity index is 2.06. The van der Waals surface area contributed by atoms with Crippen LogP contribution in [0.3, 0.4) is 0 Å². The Kier molecular flexibility index (Phi) is 4.77. The van der Waals surface area contributed by atoms with E-state index >= 15 is 0 Å². The lowest BCUT2D eigenvalue weighted by molar-refractivity contribution is 0.116. The fraction of sp³-hybridized carbons (Fsp3) is 0.600. The van der Waals surface area contributed by atoms with Crippen molar-refractivity contribution in [2.24, 2.45) is 0 Å². The van der Waals surface area contributed by atoms with Gasteiger partial charge >= 0.3 is 0 Å². The van der Waals surface area contributed by atoms with Crippen LogP contribution in [0.15, 0.2) is 18.2 Å². The summed E-state index contributed by atoms with van der Waals surface area (Å²) in [5.41, 5.74) is 1.61. The number of halogens is 1. The number of nitrogens with one attached hydrogen (secondary N) is 1. The lowest BCUT2D eigenvalue weighted by atomic mass is 10.1. The van der Waals surface area contributed by atoms with E-state index in [0.717, 1.165) is 31.6 Å². The number of hydrogen-bond donors (Lipinski definition) is 1. The summed E-state index contributed by atoms with van der Waals surface area (Å²) in [6, 6.07) is 5.61. The van der Waals surface area contributed by atoms with Crippen molar-refractivity contribution < 1.29 is 9.13 Å². The average molecular weight is 266 g/mol. The molecule has 1 aliphatic heterocycles. The maximum Gasteiger partial charge on any atom is 0.146 e. The smallest absolute Gasteiger partial charge is 0.146 e. The van der Waals surface area contributed by atoms with Crippen LogP contribution in [0.2, 0.25) is 0 Å². The van der Waals surface area contributed by atoms with Gasteiger partial charge in [-0.1, -0.05) is 6.07 Å². The van der Waals surface area contributed by atoms with Crippen LogP contribution in [0.5, 0.6) is 0 Å². The molecule has 0 radical (unpaired) electrons. The molecule has 3 nitrogen and oxygen atoms in total. The van der Waals surface area contributed by atoms with Crippen molar-refractivity contribution in [3.8, 4) is 0 Å². The van der Waals surface area contributed by atoms with Crippen LogP contribution in [-0.2, 0) is 4.74 Å². The van der Waals surface area contributed by atoms with Crippen LogP contribution in [0.25, 0.3) is 0 Å². The van der Waals surface area contributed by atoms with Gasteiger partial charge in [0.2, 0.25) is 0 Å². The van der Waals surface area contributed by atoms with Gasteiger partial charge in [0.1, 0.15) is 5.82 Å². The molecule has 1 heterocycles. The third kappa shape index (κ3) is 3.45. The van der Waals surface area contributed by atoms with E-state index in [-0.39, 0.29) is 18.0 Å². The second-order valence-corrected chi connectivity index (χ2v) is 5.24. The molecule has 1 aromatic rings. The fourth-order valence-corrected chi connectivity index (χ4v) is 2.46. The fourth-order valence-electron chi connectivity index (χ4n) is 2.46. The van der Waals surface area contributed by atoms with Gasteiger partial charge in [0.05, 0.1) is 11.8 Å². The number of hydrogen-bond acceptors (Lipinski definition) is 3. The minimum Gasteiger partial charge on any atom is -0.376 e. The Morgan fingerprint density at radius 1 is 1.53 bits per heavy atom. The number of ether oxygens (including phenoxy) is 1. The first-order valence-corrected chi connectivity index (χ1v) is 6.91. The van der Waals surface area contributed by atoms with Crippen molar-refractivity contribution in [3.63, 3.8) is 0 Å². The summed E-state index contributed by atoms with van der Waals surface area (Å²) in [7, 11) is 3.79. The summed E-state index contributed by atoms with van der Waals surface area (Å²) >= 11 is 0. The molecule has 0 spiro atoms. The summed E-state index contributed by atoms with van der Waals surface area (Å²) in [4.78, 5) is 1.94. The average Bonchev–Trinajstić information content (AvgIpc) is 2.90.